The second kappa shape index (κ2) is 9.04. The fourth-order valence-electron chi connectivity index (χ4n) is 2.99. The zero-order valence-corrected chi connectivity index (χ0v) is 15.1. The molecule has 1 amide bonds. The average molecular weight is 353 g/mol. The van der Waals surface area contributed by atoms with E-state index in [1.807, 2.05) is 36.2 Å². The van der Waals surface area contributed by atoms with Crippen LogP contribution >= 0.6 is 11.6 Å². The van der Waals surface area contributed by atoms with Crippen molar-refractivity contribution in [3.8, 4) is 0 Å². The van der Waals surface area contributed by atoms with Crippen molar-refractivity contribution in [3.05, 3.63) is 34.9 Å². The van der Waals surface area contributed by atoms with E-state index in [1.165, 1.54) is 0 Å². The molecule has 1 atom stereocenters. The third-order valence-electron chi connectivity index (χ3n) is 4.15. The third kappa shape index (κ3) is 5.21. The van der Waals surface area contributed by atoms with Gasteiger partial charge in [-0.2, -0.15) is 0 Å². The molecule has 0 radical (unpaired) electrons. The third-order valence-corrected chi connectivity index (χ3v) is 4.40. The fourth-order valence-corrected chi connectivity index (χ4v) is 3.12. The highest BCUT2D eigenvalue weighted by Crippen LogP contribution is 2.19. The number of likely N-dealkylation sites (N-methyl/N-ethyl adjacent to an activating group) is 1. The van der Waals surface area contributed by atoms with Crippen molar-refractivity contribution in [3.63, 3.8) is 0 Å². The number of ether oxygens (including phenoxy) is 1. The van der Waals surface area contributed by atoms with Gasteiger partial charge in [0.1, 0.15) is 6.04 Å². The summed E-state index contributed by atoms with van der Waals surface area (Å²) >= 11 is 5.89. The molecule has 2 rings (SSSR count). The Hall–Kier alpha value is -1.59. The molecule has 1 saturated heterocycles. The van der Waals surface area contributed by atoms with Crippen LogP contribution in [0.25, 0.3) is 0 Å². The van der Waals surface area contributed by atoms with Crippen molar-refractivity contribution in [2.45, 2.75) is 38.8 Å². The van der Waals surface area contributed by atoms with Crippen molar-refractivity contribution >= 4 is 23.5 Å². The number of likely N-dealkylation sites (tertiary alicyclic amines) is 1. The molecule has 132 valence electrons. The molecule has 0 N–H and O–H groups in total. The van der Waals surface area contributed by atoms with Crippen LogP contribution in [0, 0.1) is 0 Å². The van der Waals surface area contributed by atoms with Crippen LogP contribution in [0.2, 0.25) is 5.02 Å². The fraction of sp³-hybridized carbons (Fsp3) is 0.556. The Morgan fingerprint density at radius 2 is 2.00 bits per heavy atom. The topological polar surface area (TPSA) is 49.9 Å². The van der Waals surface area contributed by atoms with Crippen molar-refractivity contribution < 1.29 is 14.3 Å². The van der Waals surface area contributed by atoms with Gasteiger partial charge in [0.05, 0.1) is 13.2 Å². The molecule has 0 bridgehead atoms. The summed E-state index contributed by atoms with van der Waals surface area (Å²) < 4.78 is 5.11. The molecule has 1 aliphatic rings. The predicted octanol–water partition coefficient (Wildman–Crippen LogP) is 2.72. The molecule has 1 heterocycles. The molecule has 0 aromatic heterocycles. The van der Waals surface area contributed by atoms with E-state index < -0.39 is 6.04 Å². The van der Waals surface area contributed by atoms with E-state index in [0.29, 0.717) is 31.1 Å². The van der Waals surface area contributed by atoms with Gasteiger partial charge in [0.2, 0.25) is 5.91 Å². The number of amides is 1. The Kier molecular flexibility index (Phi) is 7.06. The lowest BCUT2D eigenvalue weighted by Crippen LogP contribution is -2.51. The summed E-state index contributed by atoms with van der Waals surface area (Å²) in [6.07, 6.45) is 2.57. The minimum absolute atomic E-state index is 0.0239. The number of halogens is 1. The Bertz CT molecular complexity index is 562. The number of nitrogens with zero attached hydrogens (tertiary/aromatic N) is 2. The summed E-state index contributed by atoms with van der Waals surface area (Å²) in [5.74, 6) is -0.310. The van der Waals surface area contributed by atoms with Gasteiger partial charge in [-0.3, -0.25) is 9.69 Å². The molecule has 5 nitrogen and oxygen atoms in total. The van der Waals surface area contributed by atoms with Crippen LogP contribution in [0.4, 0.5) is 0 Å². The van der Waals surface area contributed by atoms with Gasteiger partial charge in [0, 0.05) is 18.1 Å². The van der Waals surface area contributed by atoms with Crippen molar-refractivity contribution in [2.75, 3.05) is 26.7 Å². The summed E-state index contributed by atoms with van der Waals surface area (Å²) in [6, 6.07) is 7.15. The highest BCUT2D eigenvalue weighted by atomic mass is 35.5. The summed E-state index contributed by atoms with van der Waals surface area (Å²) in [5, 5.41) is 0.697. The van der Waals surface area contributed by atoms with Gasteiger partial charge in [0.25, 0.3) is 0 Å². The van der Waals surface area contributed by atoms with Gasteiger partial charge in [-0.25, -0.2) is 4.79 Å². The highest BCUT2D eigenvalue weighted by molar-refractivity contribution is 6.30. The van der Waals surface area contributed by atoms with E-state index in [1.54, 1.807) is 11.8 Å². The number of rotatable bonds is 6. The van der Waals surface area contributed by atoms with Gasteiger partial charge in [-0.05, 0) is 50.9 Å². The first kappa shape index (κ1) is 18.7. The first-order valence-corrected chi connectivity index (χ1v) is 8.78. The van der Waals surface area contributed by atoms with Crippen molar-refractivity contribution in [2.24, 2.45) is 0 Å². The summed E-state index contributed by atoms with van der Waals surface area (Å²) in [7, 11) is 1.90. The number of benzene rings is 1. The number of hydrogen-bond acceptors (Lipinski definition) is 4. The second-order valence-electron chi connectivity index (χ2n) is 6.15. The van der Waals surface area contributed by atoms with Crippen LogP contribution in [0.5, 0.6) is 0 Å². The van der Waals surface area contributed by atoms with Crippen molar-refractivity contribution in [1.29, 1.82) is 0 Å². The lowest BCUT2D eigenvalue weighted by molar-refractivity contribution is -0.157. The number of hydrogen-bond donors (Lipinski definition) is 0. The number of piperidine rings is 1. The maximum absolute atomic E-state index is 12.6. The predicted molar refractivity (Wildman–Crippen MR) is 93.8 cm³/mol. The standard InChI is InChI=1S/C18H25ClN2O3/c1-3-24-18(23)16-6-4-5-11-21(16)17(22)13-20(2)12-14-7-9-15(19)10-8-14/h7-10,16H,3-6,11-13H2,1-2H3. The molecule has 1 aliphatic heterocycles. The zero-order valence-electron chi connectivity index (χ0n) is 14.3. The molecule has 1 fully saturated rings. The first-order chi connectivity index (χ1) is 11.5. The SMILES string of the molecule is CCOC(=O)C1CCCCN1C(=O)CN(C)Cc1ccc(Cl)cc1. The molecule has 1 aromatic carbocycles. The van der Waals surface area contributed by atoms with Gasteiger partial charge < -0.3 is 9.64 Å². The van der Waals surface area contributed by atoms with Crippen LogP contribution in [0.3, 0.4) is 0 Å². The van der Waals surface area contributed by atoms with Gasteiger partial charge in [-0.1, -0.05) is 23.7 Å². The van der Waals surface area contributed by atoms with Gasteiger partial charge in [0.15, 0.2) is 0 Å². The monoisotopic (exact) mass is 352 g/mol. The Labute approximate surface area is 148 Å². The average Bonchev–Trinajstić information content (AvgIpc) is 2.57. The van der Waals surface area contributed by atoms with Crippen LogP contribution in [0.15, 0.2) is 24.3 Å². The molecular formula is C18H25ClN2O3. The van der Waals surface area contributed by atoms with Crippen molar-refractivity contribution in [1.82, 2.24) is 9.80 Å². The van der Waals surface area contributed by atoms with E-state index in [2.05, 4.69) is 0 Å². The molecular weight excluding hydrogens is 328 g/mol. The maximum Gasteiger partial charge on any atom is 0.328 e. The molecule has 6 heteroatoms. The van der Waals surface area contributed by atoms with Crippen LogP contribution in [-0.4, -0.2) is 54.5 Å². The number of esters is 1. The van der Waals surface area contributed by atoms with Gasteiger partial charge >= 0.3 is 5.97 Å². The molecule has 0 saturated carbocycles. The van der Waals surface area contributed by atoms with E-state index in [4.69, 9.17) is 16.3 Å². The van der Waals surface area contributed by atoms with Gasteiger partial charge in [-0.15, -0.1) is 0 Å². The highest BCUT2D eigenvalue weighted by Gasteiger charge is 2.33. The van der Waals surface area contributed by atoms with E-state index in [9.17, 15) is 9.59 Å². The summed E-state index contributed by atoms with van der Waals surface area (Å²) in [6.45, 7) is 3.68. The quantitative estimate of drug-likeness (QED) is 0.739. The maximum atomic E-state index is 12.6. The first-order valence-electron chi connectivity index (χ1n) is 8.40. The Balaban J connectivity index is 1.93. The Morgan fingerprint density at radius 3 is 2.67 bits per heavy atom. The molecule has 24 heavy (non-hydrogen) atoms. The van der Waals surface area contributed by atoms with E-state index >= 15 is 0 Å². The van der Waals surface area contributed by atoms with Crippen LogP contribution < -0.4 is 0 Å². The smallest absolute Gasteiger partial charge is 0.328 e. The molecule has 0 spiro atoms. The van der Waals surface area contributed by atoms with Crippen LogP contribution in [0.1, 0.15) is 31.7 Å². The summed E-state index contributed by atoms with van der Waals surface area (Å²) in [4.78, 5) is 28.3. The largest absolute Gasteiger partial charge is 0.464 e. The minimum Gasteiger partial charge on any atom is -0.464 e. The van der Waals surface area contributed by atoms with Crippen LogP contribution in [-0.2, 0) is 20.9 Å². The zero-order chi connectivity index (χ0) is 17.5. The second-order valence-corrected chi connectivity index (χ2v) is 6.59. The lowest BCUT2D eigenvalue weighted by Gasteiger charge is -2.35. The van der Waals surface area contributed by atoms with E-state index in [0.717, 1.165) is 18.4 Å². The normalized spacial score (nSPS) is 17.8. The number of carbonyl (C=O) groups is 2. The number of carbonyl (C=O) groups excluding carboxylic acids is 2. The molecule has 1 unspecified atom stereocenters. The summed E-state index contributed by atoms with van der Waals surface area (Å²) in [5.41, 5.74) is 1.09. The Morgan fingerprint density at radius 1 is 1.29 bits per heavy atom. The molecule has 0 aliphatic carbocycles. The molecule has 1 aromatic rings. The minimum atomic E-state index is -0.435. The lowest BCUT2D eigenvalue weighted by atomic mass is 10.0. The van der Waals surface area contributed by atoms with E-state index in [-0.39, 0.29) is 18.4 Å².